The molecule has 1 aromatic heterocycles. The lowest BCUT2D eigenvalue weighted by molar-refractivity contribution is 0.0126. The number of aromatic nitrogens is 1. The monoisotopic (exact) mass is 308 g/mol. The van der Waals surface area contributed by atoms with E-state index in [9.17, 15) is 4.79 Å². The molecule has 1 fully saturated rings. The molecule has 0 saturated carbocycles. The molecular weight excluding hydrogens is 284 g/mol. The third kappa shape index (κ3) is 5.23. The molecule has 0 aromatic carbocycles. The van der Waals surface area contributed by atoms with E-state index in [0.717, 1.165) is 30.2 Å². The van der Waals surface area contributed by atoms with Crippen LogP contribution < -0.4 is 0 Å². The van der Waals surface area contributed by atoms with Gasteiger partial charge in [0.25, 0.3) is 0 Å². The van der Waals surface area contributed by atoms with E-state index in [-0.39, 0.29) is 12.1 Å². The summed E-state index contributed by atoms with van der Waals surface area (Å²) in [6, 6.07) is 6.14. The summed E-state index contributed by atoms with van der Waals surface area (Å²) in [5.41, 5.74) is -0.437. The average molecular weight is 308 g/mol. The number of carbonyl (C=O) groups excluding carboxylic acids is 1. The zero-order valence-corrected chi connectivity index (χ0v) is 13.9. The van der Waals surface area contributed by atoms with Crippen molar-refractivity contribution < 1.29 is 9.53 Å². The van der Waals surface area contributed by atoms with Gasteiger partial charge in [0.2, 0.25) is 0 Å². The van der Waals surface area contributed by atoms with Gasteiger partial charge < -0.3 is 9.64 Å². The minimum absolute atomic E-state index is 0.186. The van der Waals surface area contributed by atoms with Gasteiger partial charge in [0.1, 0.15) is 5.60 Å². The SMILES string of the molecule is CC(C)(C)OC(=O)N1CCCC[C@H]1CSc1ccccn1. The molecule has 0 bridgehead atoms. The molecule has 0 aliphatic carbocycles. The highest BCUT2D eigenvalue weighted by Gasteiger charge is 2.30. The number of amides is 1. The van der Waals surface area contributed by atoms with Crippen LogP contribution in [-0.2, 0) is 4.74 Å². The Balaban J connectivity index is 1.94. The highest BCUT2D eigenvalue weighted by atomic mass is 32.2. The molecule has 1 aliphatic rings. The summed E-state index contributed by atoms with van der Waals surface area (Å²) >= 11 is 1.71. The molecule has 0 radical (unpaired) electrons. The number of nitrogens with zero attached hydrogens (tertiary/aromatic N) is 2. The second-order valence-electron chi connectivity index (χ2n) is 6.30. The van der Waals surface area contributed by atoms with E-state index < -0.39 is 5.60 Å². The van der Waals surface area contributed by atoms with Crippen LogP contribution in [0.25, 0.3) is 0 Å². The number of carbonyl (C=O) groups is 1. The predicted octanol–water partition coefficient (Wildman–Crippen LogP) is 3.96. The first-order valence-electron chi connectivity index (χ1n) is 7.49. The number of thioether (sulfide) groups is 1. The molecule has 1 amide bonds. The zero-order valence-electron chi connectivity index (χ0n) is 13.0. The molecule has 1 atom stereocenters. The first kappa shape index (κ1) is 16.1. The summed E-state index contributed by atoms with van der Waals surface area (Å²) in [6.45, 7) is 6.52. The molecule has 21 heavy (non-hydrogen) atoms. The molecule has 1 aliphatic heterocycles. The third-order valence-corrected chi connectivity index (χ3v) is 4.41. The largest absolute Gasteiger partial charge is 0.444 e. The average Bonchev–Trinajstić information content (AvgIpc) is 2.45. The molecular formula is C16H24N2O2S. The quantitative estimate of drug-likeness (QED) is 0.793. The van der Waals surface area contributed by atoms with Crippen LogP contribution >= 0.6 is 11.8 Å². The fraction of sp³-hybridized carbons (Fsp3) is 0.625. The smallest absolute Gasteiger partial charge is 0.410 e. The zero-order chi connectivity index (χ0) is 15.3. The molecule has 0 spiro atoms. The second kappa shape index (κ2) is 7.16. The summed E-state index contributed by atoms with van der Waals surface area (Å²) in [7, 11) is 0. The van der Waals surface area contributed by atoms with Crippen LogP contribution in [0.3, 0.4) is 0 Å². The van der Waals surface area contributed by atoms with Gasteiger partial charge in [-0.3, -0.25) is 0 Å². The van der Waals surface area contributed by atoms with Crippen LogP contribution in [0.5, 0.6) is 0 Å². The maximum Gasteiger partial charge on any atom is 0.410 e. The van der Waals surface area contributed by atoms with Crippen molar-refractivity contribution in [2.75, 3.05) is 12.3 Å². The molecule has 116 valence electrons. The van der Waals surface area contributed by atoms with E-state index in [0.29, 0.717) is 0 Å². The molecule has 5 heteroatoms. The number of likely N-dealkylation sites (tertiary alicyclic amines) is 1. The van der Waals surface area contributed by atoms with Crippen molar-refractivity contribution in [3.8, 4) is 0 Å². The van der Waals surface area contributed by atoms with E-state index in [1.54, 1.807) is 18.0 Å². The number of hydrogen-bond acceptors (Lipinski definition) is 4. The topological polar surface area (TPSA) is 42.4 Å². The maximum absolute atomic E-state index is 12.3. The Morgan fingerprint density at radius 2 is 2.24 bits per heavy atom. The lowest BCUT2D eigenvalue weighted by Crippen LogP contribution is -2.47. The van der Waals surface area contributed by atoms with Gasteiger partial charge in [-0.1, -0.05) is 6.07 Å². The van der Waals surface area contributed by atoms with Crippen LogP contribution in [0.4, 0.5) is 4.79 Å². The van der Waals surface area contributed by atoms with Crippen molar-refractivity contribution in [1.82, 2.24) is 9.88 Å². The lowest BCUT2D eigenvalue weighted by Gasteiger charge is -2.36. The van der Waals surface area contributed by atoms with Crippen LogP contribution in [0.2, 0.25) is 0 Å². The lowest BCUT2D eigenvalue weighted by atomic mass is 10.0. The fourth-order valence-corrected chi connectivity index (χ4v) is 3.37. The summed E-state index contributed by atoms with van der Waals surface area (Å²) in [4.78, 5) is 18.5. The van der Waals surface area contributed by atoms with Crippen molar-refractivity contribution in [3.63, 3.8) is 0 Å². The van der Waals surface area contributed by atoms with Gasteiger partial charge >= 0.3 is 6.09 Å². The molecule has 1 aromatic rings. The number of ether oxygens (including phenoxy) is 1. The van der Waals surface area contributed by atoms with Gasteiger partial charge in [-0.15, -0.1) is 11.8 Å². The standard InChI is InChI=1S/C16H24N2O2S/c1-16(2,3)20-15(19)18-11-7-5-8-13(18)12-21-14-9-4-6-10-17-14/h4,6,9-10,13H,5,7-8,11-12H2,1-3H3/t13-/m0/s1. The number of piperidine rings is 1. The van der Waals surface area contributed by atoms with Crippen molar-refractivity contribution in [1.29, 1.82) is 0 Å². The molecule has 1 saturated heterocycles. The first-order valence-corrected chi connectivity index (χ1v) is 8.48. The molecule has 2 heterocycles. The van der Waals surface area contributed by atoms with Gasteiger partial charge in [0, 0.05) is 24.5 Å². The summed E-state index contributed by atoms with van der Waals surface area (Å²) in [5, 5.41) is 1.01. The summed E-state index contributed by atoms with van der Waals surface area (Å²) in [6.07, 6.45) is 4.89. The van der Waals surface area contributed by atoms with Gasteiger partial charge in [0.15, 0.2) is 0 Å². The minimum Gasteiger partial charge on any atom is -0.444 e. The van der Waals surface area contributed by atoms with E-state index >= 15 is 0 Å². The predicted molar refractivity (Wildman–Crippen MR) is 85.5 cm³/mol. The molecule has 0 unspecified atom stereocenters. The summed E-state index contributed by atoms with van der Waals surface area (Å²) in [5.74, 6) is 0.871. The Labute approximate surface area is 131 Å². The van der Waals surface area contributed by atoms with Gasteiger partial charge in [-0.25, -0.2) is 9.78 Å². The van der Waals surface area contributed by atoms with Crippen LogP contribution in [0.1, 0.15) is 40.0 Å². The summed E-state index contributed by atoms with van der Waals surface area (Å²) < 4.78 is 5.52. The van der Waals surface area contributed by atoms with E-state index in [1.165, 1.54) is 6.42 Å². The molecule has 2 rings (SSSR count). The second-order valence-corrected chi connectivity index (χ2v) is 7.34. The first-order chi connectivity index (χ1) is 9.96. The highest BCUT2D eigenvalue weighted by Crippen LogP contribution is 2.25. The van der Waals surface area contributed by atoms with Crippen molar-refractivity contribution in [3.05, 3.63) is 24.4 Å². The van der Waals surface area contributed by atoms with Crippen molar-refractivity contribution in [2.45, 2.75) is 56.7 Å². The Kier molecular flexibility index (Phi) is 5.51. The minimum atomic E-state index is -0.437. The number of rotatable bonds is 3. The Morgan fingerprint density at radius 3 is 2.90 bits per heavy atom. The third-order valence-electron chi connectivity index (χ3n) is 3.32. The fourth-order valence-electron chi connectivity index (χ4n) is 2.35. The van der Waals surface area contributed by atoms with E-state index in [4.69, 9.17) is 4.74 Å². The van der Waals surface area contributed by atoms with Gasteiger partial charge in [-0.05, 0) is 52.2 Å². The van der Waals surface area contributed by atoms with Crippen LogP contribution in [-0.4, -0.2) is 39.9 Å². The molecule has 4 nitrogen and oxygen atoms in total. The number of hydrogen-bond donors (Lipinski definition) is 0. The number of pyridine rings is 1. The Hall–Kier alpha value is -1.23. The van der Waals surface area contributed by atoms with Gasteiger partial charge in [-0.2, -0.15) is 0 Å². The normalized spacial score (nSPS) is 19.4. The van der Waals surface area contributed by atoms with Crippen molar-refractivity contribution in [2.24, 2.45) is 0 Å². The van der Waals surface area contributed by atoms with Crippen LogP contribution in [0, 0.1) is 0 Å². The maximum atomic E-state index is 12.3. The van der Waals surface area contributed by atoms with Crippen molar-refractivity contribution >= 4 is 17.9 Å². The van der Waals surface area contributed by atoms with Crippen LogP contribution in [0.15, 0.2) is 29.4 Å². The highest BCUT2D eigenvalue weighted by molar-refractivity contribution is 7.99. The molecule has 0 N–H and O–H groups in total. The van der Waals surface area contributed by atoms with E-state index in [2.05, 4.69) is 4.98 Å². The Bertz CT molecular complexity index is 459. The Morgan fingerprint density at radius 1 is 1.43 bits per heavy atom. The van der Waals surface area contributed by atoms with Gasteiger partial charge in [0.05, 0.1) is 5.03 Å². The van der Waals surface area contributed by atoms with E-state index in [1.807, 2.05) is 43.9 Å².